The number of thiazole rings is 1. The lowest BCUT2D eigenvalue weighted by Crippen LogP contribution is -2.22. The topological polar surface area (TPSA) is 42.0 Å². The van der Waals surface area contributed by atoms with Gasteiger partial charge in [-0.25, -0.2) is 4.98 Å². The number of alkyl halides is 1. The largest absolute Gasteiger partial charge is 0.358 e. The van der Waals surface area contributed by atoms with Crippen molar-refractivity contribution in [2.45, 2.75) is 5.38 Å². The Morgan fingerprint density at radius 2 is 2.64 bits per heavy atom. The zero-order valence-electron chi connectivity index (χ0n) is 5.87. The van der Waals surface area contributed by atoms with Gasteiger partial charge >= 0.3 is 0 Å². The average molecular weight is 191 g/mol. The third kappa shape index (κ3) is 1.91. The first-order valence-electron chi connectivity index (χ1n) is 3.00. The quantitative estimate of drug-likeness (QED) is 0.712. The van der Waals surface area contributed by atoms with Gasteiger partial charge in [0.2, 0.25) is 5.91 Å². The van der Waals surface area contributed by atoms with Crippen LogP contribution in [0.2, 0.25) is 0 Å². The van der Waals surface area contributed by atoms with E-state index in [-0.39, 0.29) is 5.91 Å². The molecule has 11 heavy (non-hydrogen) atoms. The molecule has 5 heteroatoms. The Balaban J connectivity index is 2.70. The molecule has 3 nitrogen and oxygen atoms in total. The summed E-state index contributed by atoms with van der Waals surface area (Å²) in [6, 6.07) is 0. The van der Waals surface area contributed by atoms with Crippen molar-refractivity contribution in [2.75, 3.05) is 7.05 Å². The molecule has 0 radical (unpaired) electrons. The first-order chi connectivity index (χ1) is 5.25. The van der Waals surface area contributed by atoms with Crippen molar-refractivity contribution >= 4 is 28.8 Å². The van der Waals surface area contributed by atoms with Crippen LogP contribution in [0.1, 0.15) is 10.4 Å². The molecule has 0 saturated heterocycles. The SMILES string of the molecule is CNC(=O)C(Cl)c1nccs1. The van der Waals surface area contributed by atoms with Gasteiger partial charge in [0.15, 0.2) is 5.38 Å². The van der Waals surface area contributed by atoms with E-state index >= 15 is 0 Å². The number of amides is 1. The molecule has 1 amide bonds. The fraction of sp³-hybridized carbons (Fsp3) is 0.333. The van der Waals surface area contributed by atoms with Gasteiger partial charge in [-0.2, -0.15) is 0 Å². The fourth-order valence-electron chi connectivity index (χ4n) is 0.599. The minimum atomic E-state index is -0.653. The van der Waals surface area contributed by atoms with Gasteiger partial charge in [-0.3, -0.25) is 4.79 Å². The Labute approximate surface area is 73.4 Å². The van der Waals surface area contributed by atoms with Gasteiger partial charge in [-0.05, 0) is 0 Å². The average Bonchev–Trinajstić information content (AvgIpc) is 2.53. The van der Waals surface area contributed by atoms with E-state index in [9.17, 15) is 4.79 Å². The van der Waals surface area contributed by atoms with Gasteiger partial charge in [0, 0.05) is 18.6 Å². The Kier molecular flexibility index (Phi) is 2.84. The second-order valence-electron chi connectivity index (χ2n) is 1.85. The van der Waals surface area contributed by atoms with E-state index in [2.05, 4.69) is 10.3 Å². The highest BCUT2D eigenvalue weighted by Crippen LogP contribution is 2.21. The molecule has 60 valence electrons. The van der Waals surface area contributed by atoms with E-state index in [1.165, 1.54) is 11.3 Å². The first-order valence-corrected chi connectivity index (χ1v) is 4.32. The van der Waals surface area contributed by atoms with Crippen LogP contribution in [0.5, 0.6) is 0 Å². The molecule has 1 unspecified atom stereocenters. The van der Waals surface area contributed by atoms with Crippen LogP contribution in [0.3, 0.4) is 0 Å². The second-order valence-corrected chi connectivity index (χ2v) is 3.21. The number of hydrogen-bond donors (Lipinski definition) is 1. The van der Waals surface area contributed by atoms with Crippen LogP contribution in [0, 0.1) is 0 Å². The summed E-state index contributed by atoms with van der Waals surface area (Å²) in [6.07, 6.45) is 1.62. The highest BCUT2D eigenvalue weighted by molar-refractivity contribution is 7.10. The van der Waals surface area contributed by atoms with Gasteiger partial charge in [-0.1, -0.05) is 0 Å². The predicted octanol–water partition coefficient (Wildman–Crippen LogP) is 1.17. The lowest BCUT2D eigenvalue weighted by Gasteiger charge is -2.02. The summed E-state index contributed by atoms with van der Waals surface area (Å²) in [5.41, 5.74) is 0. The van der Waals surface area contributed by atoms with Gasteiger partial charge in [0.25, 0.3) is 0 Å². The van der Waals surface area contributed by atoms with Gasteiger partial charge in [0.05, 0.1) is 0 Å². The first kappa shape index (κ1) is 8.49. The molecule has 0 spiro atoms. The van der Waals surface area contributed by atoms with Crippen LogP contribution >= 0.6 is 22.9 Å². The molecule has 0 fully saturated rings. The lowest BCUT2D eigenvalue weighted by molar-refractivity contribution is -0.120. The molecule has 0 aliphatic heterocycles. The van der Waals surface area contributed by atoms with E-state index in [0.717, 1.165) is 0 Å². The number of carbonyl (C=O) groups is 1. The lowest BCUT2D eigenvalue weighted by atomic mass is 10.4. The molecule has 0 aliphatic carbocycles. The van der Waals surface area contributed by atoms with E-state index in [1.54, 1.807) is 18.6 Å². The van der Waals surface area contributed by atoms with Gasteiger partial charge < -0.3 is 5.32 Å². The molecular weight excluding hydrogens is 184 g/mol. The molecule has 1 atom stereocenters. The number of halogens is 1. The number of carbonyl (C=O) groups excluding carboxylic acids is 1. The zero-order chi connectivity index (χ0) is 8.27. The Morgan fingerprint density at radius 1 is 1.91 bits per heavy atom. The van der Waals surface area contributed by atoms with Crippen LogP contribution in [-0.4, -0.2) is 17.9 Å². The summed E-state index contributed by atoms with van der Waals surface area (Å²) < 4.78 is 0. The predicted molar refractivity (Wildman–Crippen MR) is 44.8 cm³/mol. The molecular formula is C6H7ClN2OS. The number of nitrogens with one attached hydrogen (secondary N) is 1. The Morgan fingerprint density at radius 3 is 3.09 bits per heavy atom. The van der Waals surface area contributed by atoms with Crippen LogP contribution in [-0.2, 0) is 4.79 Å². The molecule has 1 rings (SSSR count). The Bertz CT molecular complexity index is 237. The minimum absolute atomic E-state index is 0.221. The number of nitrogens with zero attached hydrogens (tertiary/aromatic N) is 1. The van der Waals surface area contributed by atoms with E-state index in [0.29, 0.717) is 5.01 Å². The number of likely N-dealkylation sites (N-methyl/N-ethyl adjacent to an activating group) is 1. The number of rotatable bonds is 2. The molecule has 1 aromatic heterocycles. The highest BCUT2D eigenvalue weighted by Gasteiger charge is 2.17. The molecule has 0 aliphatic rings. The van der Waals surface area contributed by atoms with Crippen molar-refractivity contribution in [3.63, 3.8) is 0 Å². The van der Waals surface area contributed by atoms with Crippen molar-refractivity contribution in [1.82, 2.24) is 10.3 Å². The Hall–Kier alpha value is -0.610. The maximum absolute atomic E-state index is 10.9. The molecule has 1 heterocycles. The molecule has 0 aromatic carbocycles. The van der Waals surface area contributed by atoms with Crippen LogP contribution < -0.4 is 5.32 Å². The van der Waals surface area contributed by atoms with E-state index in [1.807, 2.05) is 0 Å². The number of aromatic nitrogens is 1. The summed E-state index contributed by atoms with van der Waals surface area (Å²) in [5.74, 6) is -0.221. The zero-order valence-corrected chi connectivity index (χ0v) is 7.45. The second kappa shape index (κ2) is 3.69. The molecule has 0 saturated carbocycles. The maximum Gasteiger partial charge on any atom is 0.244 e. The van der Waals surface area contributed by atoms with Gasteiger partial charge in [0.1, 0.15) is 5.01 Å². The summed E-state index contributed by atoms with van der Waals surface area (Å²) in [7, 11) is 1.55. The third-order valence-corrected chi connectivity index (χ3v) is 2.52. The van der Waals surface area contributed by atoms with Crippen molar-refractivity contribution < 1.29 is 4.79 Å². The molecule has 0 bridgehead atoms. The van der Waals surface area contributed by atoms with Crippen LogP contribution in [0.15, 0.2) is 11.6 Å². The van der Waals surface area contributed by atoms with Crippen molar-refractivity contribution in [1.29, 1.82) is 0 Å². The van der Waals surface area contributed by atoms with Crippen molar-refractivity contribution in [3.8, 4) is 0 Å². The smallest absolute Gasteiger partial charge is 0.244 e. The highest BCUT2D eigenvalue weighted by atomic mass is 35.5. The minimum Gasteiger partial charge on any atom is -0.358 e. The summed E-state index contributed by atoms with van der Waals surface area (Å²) in [6.45, 7) is 0. The fourth-order valence-corrected chi connectivity index (χ4v) is 1.53. The molecule has 1 N–H and O–H groups in total. The van der Waals surface area contributed by atoms with Crippen LogP contribution in [0.25, 0.3) is 0 Å². The van der Waals surface area contributed by atoms with Crippen LogP contribution in [0.4, 0.5) is 0 Å². The summed E-state index contributed by atoms with van der Waals surface area (Å²) >= 11 is 7.10. The van der Waals surface area contributed by atoms with Crippen molar-refractivity contribution in [2.24, 2.45) is 0 Å². The van der Waals surface area contributed by atoms with E-state index < -0.39 is 5.38 Å². The monoisotopic (exact) mass is 190 g/mol. The summed E-state index contributed by atoms with van der Waals surface area (Å²) in [4.78, 5) is 14.8. The van der Waals surface area contributed by atoms with Crippen molar-refractivity contribution in [3.05, 3.63) is 16.6 Å². The number of hydrogen-bond acceptors (Lipinski definition) is 3. The standard InChI is InChI=1S/C6H7ClN2OS/c1-8-5(10)4(7)6-9-2-3-11-6/h2-4H,1H3,(H,8,10). The molecule has 1 aromatic rings. The maximum atomic E-state index is 10.9. The normalized spacial score (nSPS) is 12.5. The summed E-state index contributed by atoms with van der Waals surface area (Å²) in [5, 5.41) is 4.21. The third-order valence-electron chi connectivity index (χ3n) is 1.14. The van der Waals surface area contributed by atoms with E-state index in [4.69, 9.17) is 11.6 Å². The van der Waals surface area contributed by atoms with Gasteiger partial charge in [-0.15, -0.1) is 22.9 Å².